The highest BCUT2D eigenvalue weighted by Gasteiger charge is 2.26. The fourth-order valence-corrected chi connectivity index (χ4v) is 1.97. The monoisotopic (exact) mass is 227 g/mol. The minimum Gasteiger partial charge on any atom is -0.350 e. The van der Waals surface area contributed by atoms with Crippen molar-refractivity contribution in [2.75, 3.05) is 13.1 Å². The molecule has 1 saturated heterocycles. The normalized spacial score (nSPS) is 29.5. The van der Waals surface area contributed by atoms with Crippen LogP contribution in [0.3, 0.4) is 0 Å². The maximum Gasteiger partial charge on any atom is 0.237 e. The van der Waals surface area contributed by atoms with E-state index >= 15 is 0 Å². The Kier molecular flexibility index (Phi) is 5.22. The lowest BCUT2D eigenvalue weighted by Gasteiger charge is -2.31. The molecule has 0 aromatic rings. The molecule has 0 bridgehead atoms. The van der Waals surface area contributed by atoms with E-state index < -0.39 is 0 Å². The molecule has 4 heteroatoms. The van der Waals surface area contributed by atoms with E-state index in [1.165, 1.54) is 0 Å². The summed E-state index contributed by atoms with van der Waals surface area (Å²) >= 11 is 0. The zero-order valence-electron chi connectivity index (χ0n) is 10.6. The number of piperidine rings is 1. The highest BCUT2D eigenvalue weighted by atomic mass is 16.2. The van der Waals surface area contributed by atoms with Gasteiger partial charge >= 0.3 is 0 Å². The van der Waals surface area contributed by atoms with E-state index in [0.717, 1.165) is 25.9 Å². The lowest BCUT2D eigenvalue weighted by atomic mass is 9.93. The molecule has 1 amide bonds. The quantitative estimate of drug-likeness (QED) is 0.654. The Morgan fingerprint density at radius 3 is 2.88 bits per heavy atom. The lowest BCUT2D eigenvalue weighted by molar-refractivity contribution is -0.124. The van der Waals surface area contributed by atoms with Crippen LogP contribution in [-0.4, -0.2) is 31.1 Å². The summed E-state index contributed by atoms with van der Waals surface area (Å²) in [6.45, 7) is 8.17. The van der Waals surface area contributed by atoms with Gasteiger partial charge in [0.1, 0.15) is 0 Å². The first kappa shape index (κ1) is 13.5. The molecule has 0 saturated carbocycles. The van der Waals surface area contributed by atoms with Crippen molar-refractivity contribution in [3.63, 3.8) is 0 Å². The predicted octanol–water partition coefficient (Wildman–Crippen LogP) is 0.474. The van der Waals surface area contributed by atoms with Gasteiger partial charge in [-0.15, -0.1) is 0 Å². The molecule has 0 spiro atoms. The van der Waals surface area contributed by atoms with Crippen molar-refractivity contribution >= 4 is 5.91 Å². The van der Waals surface area contributed by atoms with E-state index in [1.54, 1.807) is 0 Å². The van der Waals surface area contributed by atoms with Gasteiger partial charge in [-0.25, -0.2) is 0 Å². The van der Waals surface area contributed by atoms with E-state index in [9.17, 15) is 4.79 Å². The van der Waals surface area contributed by atoms with Gasteiger partial charge < -0.3 is 16.4 Å². The van der Waals surface area contributed by atoms with Crippen LogP contribution in [0.5, 0.6) is 0 Å². The summed E-state index contributed by atoms with van der Waals surface area (Å²) in [5, 5.41) is 6.35. The molecule has 1 aliphatic rings. The number of carbonyl (C=O) groups excluding carboxylic acids is 1. The van der Waals surface area contributed by atoms with E-state index in [4.69, 9.17) is 5.73 Å². The van der Waals surface area contributed by atoms with Crippen LogP contribution in [0, 0.1) is 11.8 Å². The van der Waals surface area contributed by atoms with Crippen molar-refractivity contribution in [3.8, 4) is 0 Å². The van der Waals surface area contributed by atoms with Crippen LogP contribution in [0.4, 0.5) is 0 Å². The third kappa shape index (κ3) is 3.46. The summed E-state index contributed by atoms with van der Waals surface area (Å²) in [5.74, 6) is 0.774. The van der Waals surface area contributed by atoms with Crippen LogP contribution < -0.4 is 16.4 Å². The maximum absolute atomic E-state index is 11.9. The Hall–Kier alpha value is -0.610. The number of hydrogen-bond donors (Lipinski definition) is 3. The lowest BCUT2D eigenvalue weighted by Crippen LogP contribution is -2.55. The number of amides is 1. The van der Waals surface area contributed by atoms with Crippen LogP contribution in [0.25, 0.3) is 0 Å². The SMILES string of the molecule is CCC(C)C(N)C(=O)NC1CNCCC1C. The summed E-state index contributed by atoms with van der Waals surface area (Å²) in [6, 6.07) is -0.143. The topological polar surface area (TPSA) is 67.2 Å². The molecule has 1 rings (SSSR count). The molecule has 1 aliphatic heterocycles. The molecule has 94 valence electrons. The van der Waals surface area contributed by atoms with E-state index in [0.29, 0.717) is 5.92 Å². The molecule has 4 atom stereocenters. The zero-order chi connectivity index (χ0) is 12.1. The van der Waals surface area contributed by atoms with Gasteiger partial charge in [0.15, 0.2) is 0 Å². The Morgan fingerprint density at radius 1 is 1.62 bits per heavy atom. The summed E-state index contributed by atoms with van der Waals surface area (Å²) in [7, 11) is 0. The number of nitrogens with one attached hydrogen (secondary N) is 2. The fourth-order valence-electron chi connectivity index (χ4n) is 1.97. The zero-order valence-corrected chi connectivity index (χ0v) is 10.6. The molecule has 0 aromatic heterocycles. The standard InChI is InChI=1S/C12H25N3O/c1-4-8(2)11(13)12(16)15-10-7-14-6-5-9(10)3/h8-11,14H,4-7,13H2,1-3H3,(H,15,16). The average molecular weight is 227 g/mol. The van der Waals surface area contributed by atoms with Crippen molar-refractivity contribution in [3.05, 3.63) is 0 Å². The first-order valence-electron chi connectivity index (χ1n) is 6.33. The van der Waals surface area contributed by atoms with Crippen molar-refractivity contribution in [1.29, 1.82) is 0 Å². The third-order valence-electron chi connectivity index (χ3n) is 3.71. The Morgan fingerprint density at radius 2 is 2.31 bits per heavy atom. The van der Waals surface area contributed by atoms with E-state index in [1.807, 2.05) is 6.92 Å². The Balaban J connectivity index is 2.43. The van der Waals surface area contributed by atoms with Gasteiger partial charge in [-0.05, 0) is 24.8 Å². The smallest absolute Gasteiger partial charge is 0.237 e. The number of hydrogen-bond acceptors (Lipinski definition) is 3. The van der Waals surface area contributed by atoms with E-state index in [2.05, 4.69) is 24.5 Å². The molecule has 0 aliphatic carbocycles. The Labute approximate surface area is 98.3 Å². The van der Waals surface area contributed by atoms with Gasteiger partial charge in [0.05, 0.1) is 6.04 Å². The molecule has 4 nitrogen and oxygen atoms in total. The van der Waals surface area contributed by atoms with Gasteiger partial charge in [-0.2, -0.15) is 0 Å². The van der Waals surface area contributed by atoms with Crippen molar-refractivity contribution in [1.82, 2.24) is 10.6 Å². The summed E-state index contributed by atoms with van der Waals surface area (Å²) in [6.07, 6.45) is 2.05. The summed E-state index contributed by atoms with van der Waals surface area (Å²) in [5.41, 5.74) is 5.90. The van der Waals surface area contributed by atoms with Crippen molar-refractivity contribution in [2.24, 2.45) is 17.6 Å². The molecule has 16 heavy (non-hydrogen) atoms. The summed E-state index contributed by atoms with van der Waals surface area (Å²) < 4.78 is 0. The first-order valence-corrected chi connectivity index (χ1v) is 6.33. The fraction of sp³-hybridized carbons (Fsp3) is 0.917. The number of carbonyl (C=O) groups is 1. The maximum atomic E-state index is 11.9. The minimum atomic E-state index is -0.376. The van der Waals surface area contributed by atoms with Crippen LogP contribution in [0.15, 0.2) is 0 Å². The average Bonchev–Trinajstić information content (AvgIpc) is 2.30. The van der Waals surface area contributed by atoms with Gasteiger partial charge in [-0.1, -0.05) is 27.2 Å². The molecule has 1 fully saturated rings. The largest absolute Gasteiger partial charge is 0.350 e. The number of rotatable bonds is 4. The van der Waals surface area contributed by atoms with Crippen LogP contribution >= 0.6 is 0 Å². The second kappa shape index (κ2) is 6.21. The first-order chi connectivity index (χ1) is 7.56. The predicted molar refractivity (Wildman–Crippen MR) is 66.0 cm³/mol. The molecule has 1 heterocycles. The molecule has 0 aromatic carbocycles. The van der Waals surface area contributed by atoms with Crippen molar-refractivity contribution < 1.29 is 4.79 Å². The van der Waals surface area contributed by atoms with Crippen LogP contribution in [0.1, 0.15) is 33.6 Å². The van der Waals surface area contributed by atoms with Crippen LogP contribution in [-0.2, 0) is 4.79 Å². The van der Waals surface area contributed by atoms with Crippen molar-refractivity contribution in [2.45, 2.75) is 45.7 Å². The number of nitrogens with two attached hydrogens (primary N) is 1. The van der Waals surface area contributed by atoms with Gasteiger partial charge in [0.2, 0.25) is 5.91 Å². The van der Waals surface area contributed by atoms with Gasteiger partial charge in [0, 0.05) is 12.6 Å². The highest BCUT2D eigenvalue weighted by Crippen LogP contribution is 2.12. The Bertz CT molecular complexity index is 232. The second-order valence-corrected chi connectivity index (χ2v) is 5.00. The second-order valence-electron chi connectivity index (χ2n) is 5.00. The molecule has 4 N–H and O–H groups in total. The van der Waals surface area contributed by atoms with E-state index in [-0.39, 0.29) is 23.9 Å². The third-order valence-corrected chi connectivity index (χ3v) is 3.71. The highest BCUT2D eigenvalue weighted by molar-refractivity contribution is 5.82. The van der Waals surface area contributed by atoms with Gasteiger partial charge in [0.25, 0.3) is 0 Å². The molecular weight excluding hydrogens is 202 g/mol. The van der Waals surface area contributed by atoms with Crippen LogP contribution in [0.2, 0.25) is 0 Å². The minimum absolute atomic E-state index is 0.00472. The molecule has 4 unspecified atom stereocenters. The van der Waals surface area contributed by atoms with Gasteiger partial charge in [-0.3, -0.25) is 4.79 Å². The molecule has 0 radical (unpaired) electrons. The molecular formula is C12H25N3O. The summed E-state index contributed by atoms with van der Waals surface area (Å²) in [4.78, 5) is 11.9.